The van der Waals surface area contributed by atoms with Gasteiger partial charge in [0.05, 0.1) is 19.8 Å². The van der Waals surface area contributed by atoms with E-state index in [1.807, 2.05) is 0 Å². The Bertz CT molecular complexity index is 1100. The van der Waals surface area contributed by atoms with E-state index in [4.69, 9.17) is 19.7 Å². The van der Waals surface area contributed by atoms with Crippen molar-refractivity contribution in [3.8, 4) is 0 Å². The maximum Gasteiger partial charge on any atom is 0.394 e. The Morgan fingerprint density at radius 3 is 1.62 bits per heavy atom. The number of amides is 5. The monoisotopic (exact) mass is 677 g/mol. The molecule has 0 aromatic rings. The van der Waals surface area contributed by atoms with Gasteiger partial charge in [0.2, 0.25) is 23.6 Å². The number of aliphatic carboxylic acids is 4. The van der Waals surface area contributed by atoms with Gasteiger partial charge in [0.1, 0.15) is 24.7 Å². The minimum Gasteiger partial charge on any atom is -0.480 e. The second-order valence-electron chi connectivity index (χ2n) is 9.89. The summed E-state index contributed by atoms with van der Waals surface area (Å²) < 4.78 is 10.4. The number of hydrogen-bond donors (Lipinski definition) is 9. The molecule has 0 heterocycles. The van der Waals surface area contributed by atoms with Crippen LogP contribution >= 0.6 is 0 Å². The molecular formula is C27H43N5O15. The smallest absolute Gasteiger partial charge is 0.394 e. The van der Waals surface area contributed by atoms with Crippen LogP contribution in [0.3, 0.4) is 0 Å². The largest absolute Gasteiger partial charge is 0.480 e. The van der Waals surface area contributed by atoms with Crippen LogP contribution < -0.4 is 26.6 Å². The summed E-state index contributed by atoms with van der Waals surface area (Å²) in [6, 6.07) is -3.82. The molecule has 0 aliphatic carbocycles. The lowest BCUT2D eigenvalue weighted by Crippen LogP contribution is -2.44. The quantitative estimate of drug-likeness (QED) is 0.0329. The third-order valence-corrected chi connectivity index (χ3v) is 6.11. The number of unbranched alkanes of at least 4 members (excludes halogenated alkanes) is 1. The lowest BCUT2D eigenvalue weighted by molar-refractivity contribution is -0.150. The normalized spacial score (nSPS) is 12.4. The first-order valence-corrected chi connectivity index (χ1v) is 14.7. The fourth-order valence-corrected chi connectivity index (χ4v) is 3.60. The fourth-order valence-electron chi connectivity index (χ4n) is 3.60. The van der Waals surface area contributed by atoms with Gasteiger partial charge in [0.25, 0.3) is 0 Å². The summed E-state index contributed by atoms with van der Waals surface area (Å²) in [4.78, 5) is 103. The van der Waals surface area contributed by atoms with Gasteiger partial charge in [-0.05, 0) is 32.1 Å². The van der Waals surface area contributed by atoms with Crippen LogP contribution in [-0.2, 0) is 52.6 Å². The molecule has 0 aromatic heterocycles. The van der Waals surface area contributed by atoms with Crippen molar-refractivity contribution in [2.45, 2.75) is 76.4 Å². The Balaban J connectivity index is 4.11. The SMILES string of the molecule is CC[C@@H](NC(=O)CC[C@@H](NC(=O)COCCOCCNC(=O)CC[C@@H](NC(=O)CCCCNC(=O)C(=O)O)C(=O)O)C(=O)O)C(=O)O. The maximum absolute atomic E-state index is 12.0. The molecule has 0 unspecified atom stereocenters. The molecule has 9 N–H and O–H groups in total. The van der Waals surface area contributed by atoms with E-state index in [0.29, 0.717) is 6.42 Å². The summed E-state index contributed by atoms with van der Waals surface area (Å²) in [6.45, 7) is 1.19. The lowest BCUT2D eigenvalue weighted by atomic mass is 10.1. The summed E-state index contributed by atoms with van der Waals surface area (Å²) in [6.07, 6.45) is -0.351. The molecule has 20 heteroatoms. The van der Waals surface area contributed by atoms with Gasteiger partial charge in [0.15, 0.2) is 0 Å². The predicted octanol–water partition coefficient (Wildman–Crippen LogP) is -2.81. The second-order valence-corrected chi connectivity index (χ2v) is 9.89. The summed E-state index contributed by atoms with van der Waals surface area (Å²) in [5.74, 6) is -9.25. The van der Waals surface area contributed by atoms with E-state index < -0.39 is 78.1 Å². The topological polar surface area (TPSA) is 313 Å². The lowest BCUT2D eigenvalue weighted by Gasteiger charge is -2.16. The van der Waals surface area contributed by atoms with E-state index in [2.05, 4.69) is 26.6 Å². The van der Waals surface area contributed by atoms with Gasteiger partial charge in [-0.25, -0.2) is 19.2 Å². The van der Waals surface area contributed by atoms with Crippen molar-refractivity contribution in [2.24, 2.45) is 0 Å². The van der Waals surface area contributed by atoms with Gasteiger partial charge in [-0.15, -0.1) is 0 Å². The molecule has 0 radical (unpaired) electrons. The highest BCUT2D eigenvalue weighted by Gasteiger charge is 2.23. The molecule has 0 aromatic carbocycles. The average molecular weight is 678 g/mol. The Morgan fingerprint density at radius 1 is 0.553 bits per heavy atom. The number of carboxylic acids is 4. The number of rotatable bonds is 26. The average Bonchev–Trinajstić information content (AvgIpc) is 3.00. The zero-order valence-corrected chi connectivity index (χ0v) is 25.9. The minimum absolute atomic E-state index is 0.0207. The molecule has 0 aliphatic heterocycles. The summed E-state index contributed by atoms with van der Waals surface area (Å²) in [5, 5.41) is 47.4. The van der Waals surface area contributed by atoms with Crippen molar-refractivity contribution in [1.29, 1.82) is 0 Å². The zero-order valence-electron chi connectivity index (χ0n) is 25.9. The van der Waals surface area contributed by atoms with Crippen molar-refractivity contribution < 1.29 is 73.1 Å². The van der Waals surface area contributed by atoms with Gasteiger partial charge < -0.3 is 56.5 Å². The van der Waals surface area contributed by atoms with E-state index in [9.17, 15) is 53.4 Å². The van der Waals surface area contributed by atoms with E-state index >= 15 is 0 Å². The van der Waals surface area contributed by atoms with E-state index in [-0.39, 0.29) is 77.9 Å². The predicted molar refractivity (Wildman–Crippen MR) is 157 cm³/mol. The molecule has 5 amide bonds. The second kappa shape index (κ2) is 24.4. The minimum atomic E-state index is -1.63. The van der Waals surface area contributed by atoms with Crippen LogP contribution in [0.5, 0.6) is 0 Å². The Kier molecular flexibility index (Phi) is 21.9. The first-order chi connectivity index (χ1) is 22.2. The molecule has 0 rings (SSSR count). The van der Waals surface area contributed by atoms with Crippen molar-refractivity contribution >= 4 is 53.4 Å². The summed E-state index contributed by atoms with van der Waals surface area (Å²) in [5.41, 5.74) is 0. The third-order valence-electron chi connectivity index (χ3n) is 6.11. The first kappa shape index (κ1) is 42.1. The standard InChI is InChI=1S/C27H43N5O15/c1-2-16(24(38)39)30-21(35)9-7-18(26(42)43)32-22(36)15-47-14-13-46-12-11-28-19(33)8-6-17(25(40)41)31-20(34)5-3-4-10-29-23(37)27(44)45/h16-18H,2-15H2,1H3,(H,28,33)(H,29,37)(H,30,35)(H,31,34)(H,32,36)(H,38,39)(H,40,41)(H,42,43)(H,44,45)/t16-,17-,18-/m1/s1. The molecule has 0 aliphatic rings. The van der Waals surface area contributed by atoms with E-state index in [1.54, 1.807) is 6.92 Å². The van der Waals surface area contributed by atoms with E-state index in [1.165, 1.54) is 0 Å². The maximum atomic E-state index is 12.0. The molecular weight excluding hydrogens is 634 g/mol. The molecule has 266 valence electrons. The number of carbonyl (C=O) groups excluding carboxylic acids is 5. The van der Waals surface area contributed by atoms with Crippen molar-refractivity contribution in [3.05, 3.63) is 0 Å². The van der Waals surface area contributed by atoms with Gasteiger partial charge in [-0.3, -0.25) is 24.0 Å². The molecule has 47 heavy (non-hydrogen) atoms. The molecule has 0 fully saturated rings. The highest BCUT2D eigenvalue weighted by Crippen LogP contribution is 2.02. The number of ether oxygens (including phenoxy) is 2. The Morgan fingerprint density at radius 2 is 1.06 bits per heavy atom. The number of hydrogen-bond acceptors (Lipinski definition) is 11. The molecule has 0 bridgehead atoms. The molecule has 0 saturated heterocycles. The number of nitrogens with one attached hydrogen (secondary N) is 5. The van der Waals surface area contributed by atoms with Gasteiger partial charge in [-0.2, -0.15) is 0 Å². The highest BCUT2D eigenvalue weighted by molar-refractivity contribution is 6.31. The van der Waals surface area contributed by atoms with E-state index in [0.717, 1.165) is 0 Å². The molecule has 0 saturated carbocycles. The van der Waals surface area contributed by atoms with Crippen molar-refractivity contribution in [1.82, 2.24) is 26.6 Å². The number of carboxylic acid groups (broad SMARTS) is 4. The van der Waals surface area contributed by atoms with Crippen molar-refractivity contribution in [2.75, 3.05) is 39.5 Å². The summed E-state index contributed by atoms with van der Waals surface area (Å²) in [7, 11) is 0. The van der Waals surface area contributed by atoms with Gasteiger partial charge in [0, 0.05) is 32.4 Å². The van der Waals surface area contributed by atoms with Crippen LogP contribution in [0.2, 0.25) is 0 Å². The first-order valence-electron chi connectivity index (χ1n) is 14.7. The number of carbonyl (C=O) groups is 9. The van der Waals surface area contributed by atoms with Crippen LogP contribution in [0.25, 0.3) is 0 Å². The fraction of sp³-hybridized carbons (Fsp3) is 0.667. The highest BCUT2D eigenvalue weighted by atomic mass is 16.5. The summed E-state index contributed by atoms with van der Waals surface area (Å²) >= 11 is 0. The molecule has 20 nitrogen and oxygen atoms in total. The van der Waals surface area contributed by atoms with Crippen LogP contribution in [0.4, 0.5) is 0 Å². The van der Waals surface area contributed by atoms with Crippen molar-refractivity contribution in [3.63, 3.8) is 0 Å². The van der Waals surface area contributed by atoms with Crippen LogP contribution in [0.1, 0.15) is 58.3 Å². The van der Waals surface area contributed by atoms with Gasteiger partial charge in [-0.1, -0.05) is 6.92 Å². The van der Waals surface area contributed by atoms with Crippen LogP contribution in [-0.4, -0.2) is 131 Å². The molecule has 3 atom stereocenters. The van der Waals surface area contributed by atoms with Crippen LogP contribution in [0, 0.1) is 0 Å². The Labute approximate surface area is 269 Å². The van der Waals surface area contributed by atoms with Crippen LogP contribution in [0.15, 0.2) is 0 Å². The van der Waals surface area contributed by atoms with Gasteiger partial charge >= 0.3 is 29.8 Å². The Hall–Kier alpha value is -4.85. The third kappa shape index (κ3) is 21.5. The molecule has 0 spiro atoms. The zero-order chi connectivity index (χ0) is 35.8.